The first kappa shape index (κ1) is 38.5. The minimum absolute atomic E-state index is 0.170. The van der Waals surface area contributed by atoms with Crippen molar-refractivity contribution in [3.05, 3.63) is 304 Å². The fourth-order valence-corrected chi connectivity index (χ4v) is 12.6. The summed E-state index contributed by atoms with van der Waals surface area (Å²) >= 11 is 0. The van der Waals surface area contributed by atoms with Gasteiger partial charge < -0.3 is 4.90 Å². The maximum atomic E-state index is 2.60. The summed E-state index contributed by atoms with van der Waals surface area (Å²) in [5.41, 5.74) is 22.8. The third kappa shape index (κ3) is 5.11. The Balaban J connectivity index is 1.14. The second-order valence-electron chi connectivity index (χ2n) is 18.7. The van der Waals surface area contributed by atoms with Gasteiger partial charge in [-0.2, -0.15) is 0 Å². The SMILES string of the molecule is CC1(C)c2ccccc2-c2c(N(c3ccc4c(c3)-c3ccccc3C4(c3ccccc3)c3ccccc3)c3cccc4c3-c3ccccc3C4(c3ccccc3)c3ccccc3)cccc21. The van der Waals surface area contributed by atoms with Crippen LogP contribution in [0.3, 0.4) is 0 Å². The molecule has 0 spiro atoms. The summed E-state index contributed by atoms with van der Waals surface area (Å²) in [5.74, 6) is 0. The molecule has 0 heterocycles. The average molecular weight is 842 g/mol. The highest BCUT2D eigenvalue weighted by molar-refractivity contribution is 6.02. The van der Waals surface area contributed by atoms with Crippen molar-refractivity contribution in [2.45, 2.75) is 30.1 Å². The maximum absolute atomic E-state index is 2.60. The molecule has 0 saturated carbocycles. The van der Waals surface area contributed by atoms with Crippen molar-refractivity contribution in [1.29, 1.82) is 0 Å². The normalized spacial score (nSPS) is 14.9. The van der Waals surface area contributed by atoms with Gasteiger partial charge in [-0.1, -0.05) is 238 Å². The monoisotopic (exact) mass is 841 g/mol. The molecule has 10 aromatic carbocycles. The molecule has 0 saturated heterocycles. The van der Waals surface area contributed by atoms with Crippen LogP contribution in [0.4, 0.5) is 17.1 Å². The lowest BCUT2D eigenvalue weighted by Crippen LogP contribution is -2.28. The van der Waals surface area contributed by atoms with Gasteiger partial charge in [-0.05, 0) is 102 Å². The molecule has 13 rings (SSSR count). The highest BCUT2D eigenvalue weighted by Crippen LogP contribution is 2.62. The van der Waals surface area contributed by atoms with Gasteiger partial charge in [0.2, 0.25) is 0 Å². The molecule has 0 radical (unpaired) electrons. The van der Waals surface area contributed by atoms with Crippen molar-refractivity contribution in [3.8, 4) is 33.4 Å². The van der Waals surface area contributed by atoms with E-state index in [9.17, 15) is 0 Å². The summed E-state index contributed by atoms with van der Waals surface area (Å²) < 4.78 is 0. The summed E-state index contributed by atoms with van der Waals surface area (Å²) in [6.45, 7) is 4.77. The number of anilines is 3. The minimum atomic E-state index is -0.537. The average Bonchev–Trinajstić information content (AvgIpc) is 3.95. The summed E-state index contributed by atoms with van der Waals surface area (Å²) in [4.78, 5) is 2.60. The van der Waals surface area contributed by atoms with Crippen LogP contribution < -0.4 is 4.90 Å². The van der Waals surface area contributed by atoms with E-state index in [1.54, 1.807) is 0 Å². The van der Waals surface area contributed by atoms with Gasteiger partial charge in [-0.15, -0.1) is 0 Å². The Bertz CT molecular complexity index is 3420. The quantitative estimate of drug-likeness (QED) is 0.155. The molecular formula is C65H47N. The van der Waals surface area contributed by atoms with Gasteiger partial charge in [0.25, 0.3) is 0 Å². The maximum Gasteiger partial charge on any atom is 0.0714 e. The van der Waals surface area contributed by atoms with Crippen LogP contribution in [0.1, 0.15) is 69.5 Å². The van der Waals surface area contributed by atoms with E-state index in [0.717, 1.165) is 11.4 Å². The van der Waals surface area contributed by atoms with Crippen LogP contribution in [-0.4, -0.2) is 0 Å². The van der Waals surface area contributed by atoms with E-state index in [-0.39, 0.29) is 5.41 Å². The third-order valence-corrected chi connectivity index (χ3v) is 15.2. The number of nitrogens with zero attached hydrogens (tertiary/aromatic N) is 1. The minimum Gasteiger partial charge on any atom is -0.309 e. The molecule has 0 atom stereocenters. The molecular weight excluding hydrogens is 795 g/mol. The van der Waals surface area contributed by atoms with Gasteiger partial charge in [0.15, 0.2) is 0 Å². The summed E-state index contributed by atoms with van der Waals surface area (Å²) in [7, 11) is 0. The van der Waals surface area contributed by atoms with Crippen molar-refractivity contribution < 1.29 is 0 Å². The molecule has 0 aliphatic heterocycles. The van der Waals surface area contributed by atoms with Gasteiger partial charge in [0.1, 0.15) is 0 Å². The fraction of sp³-hybridized carbons (Fsp3) is 0.0769. The number of rotatable bonds is 7. The van der Waals surface area contributed by atoms with E-state index in [0.29, 0.717) is 0 Å². The summed E-state index contributed by atoms with van der Waals surface area (Å²) in [6, 6.07) is 93.2. The zero-order valence-corrected chi connectivity index (χ0v) is 37.1. The standard InChI is InChI=1S/C65H47N/c1-63(2)53-34-18-16-32-50(53)61-57(63)37-21-39-59(61)66(48-41-42-56-52(43-48)49-31-15-19-35-54(49)64(56,44-23-7-3-8-24-44)45-25-9-4-10-26-45)60-40-22-38-58-62(60)51-33-17-20-36-55(51)65(58,46-27-11-5-12-28-46)47-29-13-6-14-30-47/h3-43H,1-2H3. The molecule has 0 amide bonds. The molecule has 1 nitrogen and oxygen atoms in total. The van der Waals surface area contributed by atoms with Gasteiger partial charge in [-0.3, -0.25) is 0 Å². The van der Waals surface area contributed by atoms with E-state index in [2.05, 4.69) is 267 Å². The smallest absolute Gasteiger partial charge is 0.0714 e. The van der Waals surface area contributed by atoms with Crippen molar-refractivity contribution in [2.24, 2.45) is 0 Å². The molecule has 0 bridgehead atoms. The number of hydrogen-bond donors (Lipinski definition) is 0. The lowest BCUT2D eigenvalue weighted by Gasteiger charge is -2.35. The Morgan fingerprint density at radius 3 is 1.17 bits per heavy atom. The molecule has 3 aliphatic carbocycles. The lowest BCUT2D eigenvalue weighted by atomic mass is 9.67. The van der Waals surface area contributed by atoms with Crippen molar-refractivity contribution in [1.82, 2.24) is 0 Å². The predicted molar refractivity (Wildman–Crippen MR) is 273 cm³/mol. The second-order valence-corrected chi connectivity index (χ2v) is 18.7. The van der Waals surface area contributed by atoms with Crippen molar-refractivity contribution >= 4 is 17.1 Å². The van der Waals surface area contributed by atoms with Crippen molar-refractivity contribution in [2.75, 3.05) is 4.90 Å². The van der Waals surface area contributed by atoms with Gasteiger partial charge in [0, 0.05) is 22.2 Å². The zero-order valence-electron chi connectivity index (χ0n) is 37.1. The van der Waals surface area contributed by atoms with Gasteiger partial charge >= 0.3 is 0 Å². The van der Waals surface area contributed by atoms with Gasteiger partial charge in [0.05, 0.1) is 22.2 Å². The second kappa shape index (κ2) is 14.5. The van der Waals surface area contributed by atoms with Crippen LogP contribution in [0, 0.1) is 0 Å². The van der Waals surface area contributed by atoms with E-state index < -0.39 is 10.8 Å². The highest BCUT2D eigenvalue weighted by atomic mass is 15.1. The zero-order chi connectivity index (χ0) is 44.0. The first-order valence-electron chi connectivity index (χ1n) is 23.3. The Hall–Kier alpha value is -8.00. The molecule has 0 fully saturated rings. The largest absolute Gasteiger partial charge is 0.309 e. The molecule has 1 heteroatoms. The Kier molecular flexibility index (Phi) is 8.45. The summed E-state index contributed by atoms with van der Waals surface area (Å²) in [5, 5.41) is 0. The van der Waals surface area contributed by atoms with E-state index in [4.69, 9.17) is 0 Å². The highest BCUT2D eigenvalue weighted by Gasteiger charge is 2.49. The number of hydrogen-bond acceptors (Lipinski definition) is 1. The number of benzene rings is 10. The first-order valence-corrected chi connectivity index (χ1v) is 23.3. The topological polar surface area (TPSA) is 3.24 Å². The van der Waals surface area contributed by atoms with Crippen LogP contribution >= 0.6 is 0 Å². The molecule has 3 aliphatic rings. The molecule has 0 aromatic heterocycles. The van der Waals surface area contributed by atoms with E-state index >= 15 is 0 Å². The van der Waals surface area contributed by atoms with Crippen molar-refractivity contribution in [3.63, 3.8) is 0 Å². The molecule has 0 N–H and O–H groups in total. The molecule has 312 valence electrons. The summed E-state index contributed by atoms with van der Waals surface area (Å²) in [6.07, 6.45) is 0. The number of fused-ring (bicyclic) bond motifs is 9. The van der Waals surface area contributed by atoms with Gasteiger partial charge in [-0.25, -0.2) is 0 Å². The van der Waals surface area contributed by atoms with E-state index in [1.165, 1.54) is 94.7 Å². The van der Waals surface area contributed by atoms with Crippen LogP contribution in [0.25, 0.3) is 33.4 Å². The molecule has 10 aromatic rings. The van der Waals surface area contributed by atoms with Crippen LogP contribution in [0.5, 0.6) is 0 Å². The fourth-order valence-electron chi connectivity index (χ4n) is 12.6. The Morgan fingerprint density at radius 2 is 0.636 bits per heavy atom. The first-order chi connectivity index (χ1) is 32.5. The Morgan fingerprint density at radius 1 is 0.273 bits per heavy atom. The lowest BCUT2D eigenvalue weighted by molar-refractivity contribution is 0.660. The van der Waals surface area contributed by atoms with Crippen LogP contribution in [0.2, 0.25) is 0 Å². The Labute approximate surface area is 388 Å². The van der Waals surface area contributed by atoms with Crippen LogP contribution in [0.15, 0.2) is 249 Å². The van der Waals surface area contributed by atoms with Crippen LogP contribution in [-0.2, 0) is 16.2 Å². The molecule has 66 heavy (non-hydrogen) atoms. The third-order valence-electron chi connectivity index (χ3n) is 15.2. The predicted octanol–water partition coefficient (Wildman–Crippen LogP) is 16.2. The molecule has 0 unspecified atom stereocenters. The van der Waals surface area contributed by atoms with E-state index in [1.807, 2.05) is 0 Å².